The molecule has 6 rings (SSSR count). The number of amides is 2. The van der Waals surface area contributed by atoms with Crippen LogP contribution in [0.4, 0.5) is 10.5 Å². The first-order valence-electron chi connectivity index (χ1n) is 13.1. The lowest BCUT2D eigenvalue weighted by atomic mass is 10.0. The number of fused-ring (bicyclic) bond motifs is 3. The Hall–Kier alpha value is -4.58. The minimum Gasteiger partial charge on any atom is -0.308 e. The molecular formula is C32H31N5O. The number of aryl methyl sites for hydroxylation is 3. The van der Waals surface area contributed by atoms with Crippen LogP contribution >= 0.6 is 0 Å². The maximum Gasteiger partial charge on any atom is 0.322 e. The fraction of sp³-hybridized carbons (Fsp3) is 0.188. The number of nitrogens with one attached hydrogen (secondary N) is 1. The van der Waals surface area contributed by atoms with E-state index in [-0.39, 0.29) is 12.1 Å². The number of benzene rings is 3. The van der Waals surface area contributed by atoms with Crippen LogP contribution in [0.3, 0.4) is 0 Å². The van der Waals surface area contributed by atoms with E-state index in [1.807, 2.05) is 59.0 Å². The Morgan fingerprint density at radius 1 is 0.921 bits per heavy atom. The van der Waals surface area contributed by atoms with Gasteiger partial charge in [0, 0.05) is 17.4 Å². The van der Waals surface area contributed by atoms with Gasteiger partial charge < -0.3 is 14.8 Å². The first kappa shape index (κ1) is 23.8. The summed E-state index contributed by atoms with van der Waals surface area (Å²) in [7, 11) is 0. The number of aromatic nitrogens is 3. The number of carbonyl (C=O) groups excluding carboxylic acids is 1. The zero-order valence-electron chi connectivity index (χ0n) is 21.9. The van der Waals surface area contributed by atoms with E-state index in [0.717, 1.165) is 51.7 Å². The van der Waals surface area contributed by atoms with Crippen molar-refractivity contribution in [3.05, 3.63) is 131 Å². The third-order valence-electron chi connectivity index (χ3n) is 7.23. The van der Waals surface area contributed by atoms with Crippen LogP contribution in [0.2, 0.25) is 0 Å². The maximum absolute atomic E-state index is 14.1. The van der Waals surface area contributed by atoms with Crippen LogP contribution in [-0.2, 0) is 13.0 Å². The summed E-state index contributed by atoms with van der Waals surface area (Å²) in [5, 5.41) is 8.21. The van der Waals surface area contributed by atoms with Crippen LogP contribution in [0, 0.1) is 13.8 Å². The minimum atomic E-state index is -0.281. The van der Waals surface area contributed by atoms with Crippen molar-refractivity contribution in [1.82, 2.24) is 19.2 Å². The summed E-state index contributed by atoms with van der Waals surface area (Å²) in [5.74, 6) is 0.982. The van der Waals surface area contributed by atoms with E-state index in [1.54, 1.807) is 0 Å². The molecule has 1 N–H and O–H groups in total. The Morgan fingerprint density at radius 2 is 1.71 bits per heavy atom. The topological polar surface area (TPSA) is 55.1 Å². The van der Waals surface area contributed by atoms with E-state index in [2.05, 4.69) is 78.5 Å². The summed E-state index contributed by atoms with van der Waals surface area (Å²) in [5.41, 5.74) is 8.20. The van der Waals surface area contributed by atoms with E-state index in [0.29, 0.717) is 6.54 Å². The number of hydrogen-bond donors (Lipinski definition) is 1. The van der Waals surface area contributed by atoms with Crippen LogP contribution in [0.1, 0.15) is 46.6 Å². The number of urea groups is 1. The molecule has 1 aliphatic heterocycles. The van der Waals surface area contributed by atoms with Gasteiger partial charge in [-0.1, -0.05) is 67.1 Å². The third kappa shape index (κ3) is 4.18. The second-order valence-corrected chi connectivity index (χ2v) is 9.89. The average Bonchev–Trinajstić information content (AvgIpc) is 3.51. The van der Waals surface area contributed by atoms with Crippen molar-refractivity contribution in [1.29, 1.82) is 0 Å². The highest BCUT2D eigenvalue weighted by Gasteiger charge is 2.36. The number of hydrogen-bond acceptors (Lipinski definition) is 2. The Morgan fingerprint density at radius 3 is 2.45 bits per heavy atom. The molecule has 3 heterocycles. The monoisotopic (exact) mass is 501 g/mol. The predicted octanol–water partition coefficient (Wildman–Crippen LogP) is 6.98. The molecule has 5 aromatic rings. The second kappa shape index (κ2) is 9.71. The molecule has 2 aromatic heterocycles. The van der Waals surface area contributed by atoms with Gasteiger partial charge in [-0.3, -0.25) is 0 Å². The van der Waals surface area contributed by atoms with Crippen molar-refractivity contribution in [2.24, 2.45) is 0 Å². The molecule has 0 aliphatic carbocycles. The number of anilines is 1. The summed E-state index contributed by atoms with van der Waals surface area (Å²) < 4.78 is 4.23. The van der Waals surface area contributed by atoms with Crippen molar-refractivity contribution >= 4 is 11.7 Å². The van der Waals surface area contributed by atoms with Crippen LogP contribution in [0.15, 0.2) is 97.2 Å². The lowest BCUT2D eigenvalue weighted by Crippen LogP contribution is -2.38. The summed E-state index contributed by atoms with van der Waals surface area (Å²) >= 11 is 0. The highest BCUT2D eigenvalue weighted by atomic mass is 16.2. The lowest BCUT2D eigenvalue weighted by molar-refractivity contribution is 0.194. The second-order valence-electron chi connectivity index (χ2n) is 9.89. The average molecular weight is 502 g/mol. The summed E-state index contributed by atoms with van der Waals surface area (Å²) in [6, 6.07) is 30.4. The van der Waals surface area contributed by atoms with Crippen molar-refractivity contribution in [3.63, 3.8) is 0 Å². The van der Waals surface area contributed by atoms with Gasteiger partial charge >= 0.3 is 6.03 Å². The standard InChI is InChI=1S/C32H31N5O/c1-4-28-27-21-36(32(38)33-25-11-8-10-23(3)20-25)30(24-17-15-22(2)16-18-24)29-14-9-19-35(29)31(27)37(34-28)26-12-6-5-7-13-26/h5-20,30H,4,21H2,1-3H3,(H,33,38). The molecule has 2 amide bonds. The number of carbonyl (C=O) groups is 1. The molecule has 3 aromatic carbocycles. The molecule has 190 valence electrons. The first-order valence-corrected chi connectivity index (χ1v) is 13.1. The van der Waals surface area contributed by atoms with E-state index in [9.17, 15) is 4.79 Å². The summed E-state index contributed by atoms with van der Waals surface area (Å²) in [4.78, 5) is 16.0. The highest BCUT2D eigenvalue weighted by molar-refractivity contribution is 5.90. The molecule has 6 heteroatoms. The summed E-state index contributed by atoms with van der Waals surface area (Å²) in [6.07, 6.45) is 2.85. The van der Waals surface area contributed by atoms with Crippen molar-refractivity contribution < 1.29 is 4.79 Å². The zero-order chi connectivity index (χ0) is 26.2. The maximum atomic E-state index is 14.1. The molecule has 0 radical (unpaired) electrons. The number of para-hydroxylation sites is 1. The molecule has 0 fully saturated rings. The minimum absolute atomic E-state index is 0.142. The van der Waals surface area contributed by atoms with Crippen LogP contribution in [0.25, 0.3) is 11.5 Å². The van der Waals surface area contributed by atoms with Gasteiger partial charge in [0.05, 0.1) is 29.7 Å². The van der Waals surface area contributed by atoms with Gasteiger partial charge in [-0.2, -0.15) is 5.10 Å². The van der Waals surface area contributed by atoms with Crippen LogP contribution in [-0.4, -0.2) is 25.3 Å². The normalized spacial score (nSPS) is 14.5. The Labute approximate surface area is 223 Å². The Kier molecular flexibility index (Phi) is 6.08. The van der Waals surface area contributed by atoms with E-state index in [4.69, 9.17) is 5.10 Å². The molecule has 0 spiro atoms. The Bertz CT molecular complexity index is 1600. The molecule has 0 saturated heterocycles. The van der Waals surface area contributed by atoms with Gasteiger partial charge in [0.2, 0.25) is 0 Å². The largest absolute Gasteiger partial charge is 0.322 e. The molecule has 38 heavy (non-hydrogen) atoms. The highest BCUT2D eigenvalue weighted by Crippen LogP contribution is 2.39. The van der Waals surface area contributed by atoms with Crippen molar-refractivity contribution in [2.75, 3.05) is 5.32 Å². The zero-order valence-corrected chi connectivity index (χ0v) is 21.9. The Balaban J connectivity index is 1.55. The molecule has 0 bridgehead atoms. The van der Waals surface area contributed by atoms with E-state index in [1.165, 1.54) is 5.56 Å². The smallest absolute Gasteiger partial charge is 0.308 e. The van der Waals surface area contributed by atoms with Gasteiger partial charge in [0.25, 0.3) is 0 Å². The van der Waals surface area contributed by atoms with Gasteiger partial charge in [-0.15, -0.1) is 0 Å². The van der Waals surface area contributed by atoms with Crippen LogP contribution < -0.4 is 5.32 Å². The summed E-state index contributed by atoms with van der Waals surface area (Å²) in [6.45, 7) is 6.66. The van der Waals surface area contributed by atoms with Crippen LogP contribution in [0.5, 0.6) is 0 Å². The van der Waals surface area contributed by atoms with Gasteiger partial charge in [0.1, 0.15) is 5.82 Å². The molecule has 1 atom stereocenters. The van der Waals surface area contributed by atoms with E-state index < -0.39 is 0 Å². The number of rotatable bonds is 4. The quantitative estimate of drug-likeness (QED) is 0.289. The third-order valence-corrected chi connectivity index (χ3v) is 7.23. The molecule has 0 saturated carbocycles. The number of nitrogens with zero attached hydrogens (tertiary/aromatic N) is 4. The van der Waals surface area contributed by atoms with Crippen molar-refractivity contribution in [2.45, 2.75) is 39.8 Å². The lowest BCUT2D eigenvalue weighted by Gasteiger charge is -2.31. The predicted molar refractivity (Wildman–Crippen MR) is 151 cm³/mol. The molecule has 1 aliphatic rings. The SMILES string of the molecule is CCc1nn(-c2ccccc2)c2c1CN(C(=O)Nc1cccc(C)c1)C(c1ccc(C)cc1)c1cccn1-2. The van der Waals surface area contributed by atoms with E-state index >= 15 is 0 Å². The van der Waals surface area contributed by atoms with Crippen molar-refractivity contribution in [3.8, 4) is 11.5 Å². The van der Waals surface area contributed by atoms with Gasteiger partial charge in [-0.05, 0) is 67.8 Å². The molecule has 6 nitrogen and oxygen atoms in total. The van der Waals surface area contributed by atoms with Gasteiger partial charge in [-0.25, -0.2) is 9.48 Å². The van der Waals surface area contributed by atoms with Gasteiger partial charge in [0.15, 0.2) is 0 Å². The fourth-order valence-electron chi connectivity index (χ4n) is 5.37. The fourth-order valence-corrected chi connectivity index (χ4v) is 5.37. The molecular weight excluding hydrogens is 470 g/mol. The molecule has 1 unspecified atom stereocenters. The first-order chi connectivity index (χ1) is 18.5.